The van der Waals surface area contributed by atoms with Crippen molar-refractivity contribution >= 4 is 23.5 Å². The Labute approximate surface area is 187 Å². The number of hydrogen-bond donors (Lipinski definition) is 1. The Hall–Kier alpha value is -3.69. The van der Waals surface area contributed by atoms with E-state index in [2.05, 4.69) is 10.3 Å². The van der Waals surface area contributed by atoms with Crippen LogP contribution in [0.3, 0.4) is 0 Å². The molecule has 1 saturated heterocycles. The summed E-state index contributed by atoms with van der Waals surface area (Å²) in [5.74, 6) is -5.88. The minimum absolute atomic E-state index is 0.0600. The van der Waals surface area contributed by atoms with Crippen LogP contribution in [0.1, 0.15) is 46.4 Å². The molecule has 3 amide bonds. The number of pyridine rings is 1. The molecule has 1 N–H and O–H groups in total. The zero-order chi connectivity index (χ0) is 23.8. The zero-order valence-electron chi connectivity index (χ0n) is 17.8. The van der Waals surface area contributed by atoms with Crippen molar-refractivity contribution in [3.8, 4) is 5.75 Å². The number of methoxy groups -OCH3 is 1. The van der Waals surface area contributed by atoms with Crippen LogP contribution in [0.5, 0.6) is 5.75 Å². The number of alkyl halides is 2. The van der Waals surface area contributed by atoms with E-state index in [4.69, 9.17) is 4.74 Å². The van der Waals surface area contributed by atoms with Crippen molar-refractivity contribution in [3.05, 3.63) is 58.9 Å². The Morgan fingerprint density at radius 2 is 2.03 bits per heavy atom. The lowest BCUT2D eigenvalue weighted by Crippen LogP contribution is -2.52. The molecule has 2 aliphatic rings. The highest BCUT2D eigenvalue weighted by molar-refractivity contribution is 6.05. The monoisotopic (exact) mass is 457 g/mol. The number of hydrogen-bond acceptors (Lipinski definition) is 6. The maximum atomic E-state index is 14.5. The van der Waals surface area contributed by atoms with Crippen LogP contribution in [-0.4, -0.2) is 46.5 Å². The van der Waals surface area contributed by atoms with Crippen LogP contribution in [0.15, 0.2) is 36.5 Å². The first-order chi connectivity index (χ1) is 15.7. The third-order valence-electron chi connectivity index (χ3n) is 5.87. The van der Waals surface area contributed by atoms with Crippen LogP contribution in [0.25, 0.3) is 0 Å². The highest BCUT2D eigenvalue weighted by Crippen LogP contribution is 2.31. The Morgan fingerprint density at radius 1 is 1.24 bits per heavy atom. The quantitative estimate of drug-likeness (QED) is 0.639. The second-order valence-electron chi connectivity index (χ2n) is 7.97. The number of ether oxygens (including phenoxy) is 1. The predicted molar refractivity (Wildman–Crippen MR) is 110 cm³/mol. The van der Waals surface area contributed by atoms with E-state index in [1.54, 1.807) is 18.2 Å². The molecule has 0 saturated carbocycles. The Balaban J connectivity index is 1.42. The van der Waals surface area contributed by atoms with Gasteiger partial charge in [0.1, 0.15) is 17.5 Å². The molecule has 0 bridgehead atoms. The van der Waals surface area contributed by atoms with Crippen LogP contribution >= 0.6 is 0 Å². The first-order valence-electron chi connectivity index (χ1n) is 10.4. The van der Waals surface area contributed by atoms with E-state index >= 15 is 0 Å². The molecular weight excluding hydrogens is 436 g/mol. The maximum absolute atomic E-state index is 14.5. The lowest BCUT2D eigenvalue weighted by molar-refractivity contribution is -0.145. The number of nitrogens with zero attached hydrogens (tertiary/aromatic N) is 2. The zero-order valence-corrected chi connectivity index (χ0v) is 17.8. The van der Waals surface area contributed by atoms with E-state index in [9.17, 15) is 28.0 Å². The molecule has 3 heterocycles. The lowest BCUT2D eigenvalue weighted by Gasteiger charge is -2.29. The van der Waals surface area contributed by atoms with Crippen molar-refractivity contribution in [2.75, 3.05) is 7.11 Å². The summed E-state index contributed by atoms with van der Waals surface area (Å²) >= 11 is 0. The van der Waals surface area contributed by atoms with E-state index < -0.39 is 35.8 Å². The van der Waals surface area contributed by atoms with Crippen molar-refractivity contribution in [2.24, 2.45) is 0 Å². The fraction of sp³-hybridized carbons (Fsp3) is 0.348. The summed E-state index contributed by atoms with van der Waals surface area (Å²) < 4.78 is 33.9. The van der Waals surface area contributed by atoms with Crippen molar-refractivity contribution < 1.29 is 32.7 Å². The van der Waals surface area contributed by atoms with Gasteiger partial charge in [-0.2, -0.15) is 8.78 Å². The van der Waals surface area contributed by atoms with E-state index in [0.717, 1.165) is 12.3 Å². The number of rotatable bonds is 7. The molecule has 2 aromatic rings. The van der Waals surface area contributed by atoms with Crippen LogP contribution in [-0.2, 0) is 33.3 Å². The highest BCUT2D eigenvalue weighted by atomic mass is 19.3. The van der Waals surface area contributed by atoms with Gasteiger partial charge in [0.05, 0.1) is 13.3 Å². The Bertz CT molecular complexity index is 1130. The number of carbonyl (C=O) groups is 4. The van der Waals surface area contributed by atoms with Crippen molar-refractivity contribution in [1.82, 2.24) is 15.2 Å². The van der Waals surface area contributed by atoms with Gasteiger partial charge in [0, 0.05) is 24.9 Å². The number of aryl methyl sites for hydroxylation is 1. The topological polar surface area (TPSA) is 106 Å². The molecule has 10 heteroatoms. The minimum atomic E-state index is -3.73. The first-order valence-corrected chi connectivity index (χ1v) is 10.4. The van der Waals surface area contributed by atoms with Gasteiger partial charge in [-0.15, -0.1) is 0 Å². The van der Waals surface area contributed by atoms with Gasteiger partial charge in [-0.3, -0.25) is 29.5 Å². The molecule has 1 atom stereocenters. The smallest absolute Gasteiger partial charge is 0.346 e. The van der Waals surface area contributed by atoms with Crippen LogP contribution < -0.4 is 10.1 Å². The summed E-state index contributed by atoms with van der Waals surface area (Å²) in [7, 11) is 1.38. The van der Waals surface area contributed by atoms with Crippen molar-refractivity contribution in [2.45, 2.75) is 44.2 Å². The lowest BCUT2D eigenvalue weighted by atomic mass is 9.99. The molecule has 1 unspecified atom stereocenters. The van der Waals surface area contributed by atoms with Crippen LogP contribution in [0.2, 0.25) is 0 Å². The van der Waals surface area contributed by atoms with E-state index in [1.165, 1.54) is 18.1 Å². The summed E-state index contributed by atoms with van der Waals surface area (Å²) in [6, 6.07) is 6.52. The third-order valence-corrected chi connectivity index (χ3v) is 5.87. The molecule has 0 spiro atoms. The number of nitrogens with one attached hydrogen (secondary N) is 1. The van der Waals surface area contributed by atoms with Crippen molar-refractivity contribution in [3.63, 3.8) is 0 Å². The van der Waals surface area contributed by atoms with E-state index in [-0.39, 0.29) is 37.6 Å². The molecule has 172 valence electrons. The first kappa shape index (κ1) is 22.5. The van der Waals surface area contributed by atoms with Gasteiger partial charge in [0.2, 0.25) is 17.6 Å². The number of fused-ring (bicyclic) bond motifs is 1. The number of Topliss-reactive ketones (excluding diaryl/α,β-unsaturated/α-hetero) is 1. The van der Waals surface area contributed by atoms with Crippen LogP contribution in [0, 0.1) is 0 Å². The summed E-state index contributed by atoms with van der Waals surface area (Å²) in [5, 5.41) is 2.24. The SMILES string of the molecule is COc1ccc(C(F)(F)C(=O)CCc2ccc3c(c2)CN(C2CCC(=O)NC2=O)C3=O)nc1. The van der Waals surface area contributed by atoms with Crippen LogP contribution in [0.4, 0.5) is 8.78 Å². The fourth-order valence-electron chi connectivity index (χ4n) is 4.03. The Kier molecular flexibility index (Phi) is 5.92. The molecule has 1 fully saturated rings. The molecule has 4 rings (SSSR count). The molecule has 1 aromatic heterocycles. The molecule has 0 radical (unpaired) electrons. The third kappa shape index (κ3) is 4.33. The number of benzene rings is 1. The number of ketones is 1. The maximum Gasteiger partial charge on any atom is 0.346 e. The fourth-order valence-corrected chi connectivity index (χ4v) is 4.03. The highest BCUT2D eigenvalue weighted by Gasteiger charge is 2.42. The minimum Gasteiger partial charge on any atom is -0.495 e. The average Bonchev–Trinajstić information content (AvgIpc) is 3.12. The normalized spacial score (nSPS) is 18.2. The number of amides is 3. The second-order valence-corrected chi connectivity index (χ2v) is 7.97. The van der Waals surface area contributed by atoms with Gasteiger partial charge in [0.15, 0.2) is 0 Å². The van der Waals surface area contributed by atoms with Gasteiger partial charge < -0.3 is 9.64 Å². The van der Waals surface area contributed by atoms with E-state index in [1.807, 2.05) is 0 Å². The van der Waals surface area contributed by atoms with Gasteiger partial charge in [-0.1, -0.05) is 12.1 Å². The summed E-state index contributed by atoms with van der Waals surface area (Å²) in [6.45, 7) is 0.175. The molecule has 2 aliphatic heterocycles. The van der Waals surface area contributed by atoms with Gasteiger partial charge >= 0.3 is 5.92 Å². The summed E-state index contributed by atoms with van der Waals surface area (Å²) in [5.41, 5.74) is 1.05. The molecular formula is C23H21F2N3O5. The van der Waals surface area contributed by atoms with Gasteiger partial charge in [0.25, 0.3) is 5.91 Å². The largest absolute Gasteiger partial charge is 0.495 e. The van der Waals surface area contributed by atoms with Gasteiger partial charge in [-0.05, 0) is 42.2 Å². The number of aromatic nitrogens is 1. The second kappa shape index (κ2) is 8.68. The molecule has 33 heavy (non-hydrogen) atoms. The number of carbonyl (C=O) groups excluding carboxylic acids is 4. The summed E-state index contributed by atoms with van der Waals surface area (Å²) in [6.07, 6.45) is 1.18. The van der Waals surface area contributed by atoms with Crippen molar-refractivity contribution in [1.29, 1.82) is 0 Å². The summed E-state index contributed by atoms with van der Waals surface area (Å²) in [4.78, 5) is 53.5. The molecule has 8 nitrogen and oxygen atoms in total. The Morgan fingerprint density at radius 3 is 2.70 bits per heavy atom. The van der Waals surface area contributed by atoms with Gasteiger partial charge in [-0.25, -0.2) is 0 Å². The standard InChI is InChI=1S/C23H21F2N3O5/c1-33-15-4-7-18(26-11-15)23(24,25)19(29)8-3-13-2-5-16-14(10-13)12-28(22(16)32)17-6-9-20(30)27-21(17)31/h2,4-5,7,10-11,17H,3,6,8-9,12H2,1H3,(H,27,30,31). The van der Waals surface area contributed by atoms with E-state index in [0.29, 0.717) is 22.4 Å². The predicted octanol–water partition coefficient (Wildman–Crippen LogP) is 2.14. The number of halogens is 2. The molecule has 1 aromatic carbocycles. The average molecular weight is 457 g/mol. The number of imide groups is 1. The number of piperidine rings is 1. The molecule has 0 aliphatic carbocycles.